The molecule has 0 heterocycles. The van der Waals surface area contributed by atoms with E-state index in [1.165, 1.54) is 51.4 Å². The van der Waals surface area contributed by atoms with Crippen LogP contribution in [0, 0.1) is 16.7 Å². The van der Waals surface area contributed by atoms with Gasteiger partial charge >= 0.3 is 0 Å². The van der Waals surface area contributed by atoms with Crippen LogP contribution in [0.25, 0.3) is 0 Å². The van der Waals surface area contributed by atoms with Gasteiger partial charge in [-0.1, -0.05) is 62.6 Å². The average Bonchev–Trinajstić information content (AvgIpc) is 2.59. The van der Waals surface area contributed by atoms with Gasteiger partial charge in [0.2, 0.25) is 0 Å². The van der Waals surface area contributed by atoms with Crippen LogP contribution >= 0.6 is 22.6 Å². The number of ether oxygens (including phenoxy) is 1. The lowest BCUT2D eigenvalue weighted by molar-refractivity contribution is -0.0868. The second-order valence-electron chi connectivity index (χ2n) is 7.93. The first-order valence-electron chi connectivity index (χ1n) is 8.25. The summed E-state index contributed by atoms with van der Waals surface area (Å²) in [6.07, 6.45) is 12.0. The Morgan fingerprint density at radius 1 is 1.00 bits per heavy atom. The van der Waals surface area contributed by atoms with Crippen molar-refractivity contribution in [3.63, 3.8) is 0 Å². The Morgan fingerprint density at radius 2 is 1.74 bits per heavy atom. The van der Waals surface area contributed by atoms with Gasteiger partial charge in [-0.05, 0) is 48.9 Å². The first-order valence-corrected chi connectivity index (χ1v) is 9.49. The largest absolute Gasteiger partial charge is 0.373 e. The predicted octanol–water partition coefficient (Wildman–Crippen LogP) is 5.35. The van der Waals surface area contributed by atoms with Crippen molar-refractivity contribution >= 4 is 22.6 Å². The minimum absolute atomic E-state index is 0.431. The molecule has 3 aliphatic rings. The van der Waals surface area contributed by atoms with E-state index in [0.717, 1.165) is 9.84 Å². The van der Waals surface area contributed by atoms with E-state index in [-0.39, 0.29) is 0 Å². The molecule has 3 saturated carbocycles. The molecule has 3 aliphatic carbocycles. The van der Waals surface area contributed by atoms with E-state index in [1.54, 1.807) is 0 Å². The summed E-state index contributed by atoms with van der Waals surface area (Å²) in [7, 11) is 0. The van der Waals surface area contributed by atoms with Gasteiger partial charge < -0.3 is 4.74 Å². The molecule has 0 aromatic carbocycles. The molecule has 0 aromatic heterocycles. The highest BCUT2D eigenvalue weighted by atomic mass is 127. The highest BCUT2D eigenvalue weighted by Gasteiger charge is 2.62. The predicted molar refractivity (Wildman–Crippen MR) is 88.8 cm³/mol. The molecule has 0 aliphatic heterocycles. The molecule has 0 aromatic rings. The Hall–Kier alpha value is 0.690. The second kappa shape index (κ2) is 5.15. The van der Waals surface area contributed by atoms with Crippen molar-refractivity contribution in [3.05, 3.63) is 0 Å². The molecule has 5 unspecified atom stereocenters. The van der Waals surface area contributed by atoms with Crippen LogP contribution < -0.4 is 0 Å². The fourth-order valence-electron chi connectivity index (χ4n) is 4.93. The van der Waals surface area contributed by atoms with E-state index in [9.17, 15) is 0 Å². The Labute approximate surface area is 132 Å². The van der Waals surface area contributed by atoms with Crippen LogP contribution in [0.3, 0.4) is 0 Å². The lowest BCUT2D eigenvalue weighted by Gasteiger charge is -2.41. The topological polar surface area (TPSA) is 9.23 Å². The normalized spacial score (nSPS) is 49.3. The van der Waals surface area contributed by atoms with E-state index in [2.05, 4.69) is 43.4 Å². The van der Waals surface area contributed by atoms with Crippen LogP contribution in [0.2, 0.25) is 0 Å². The highest BCUT2D eigenvalue weighted by molar-refractivity contribution is 14.1. The summed E-state index contributed by atoms with van der Waals surface area (Å²) >= 11 is 2.65. The molecule has 0 spiro atoms. The third kappa shape index (κ3) is 2.29. The molecule has 2 heteroatoms. The molecule has 0 amide bonds. The van der Waals surface area contributed by atoms with Crippen molar-refractivity contribution in [3.8, 4) is 0 Å². The monoisotopic (exact) mass is 376 g/mol. The van der Waals surface area contributed by atoms with Crippen molar-refractivity contribution in [2.24, 2.45) is 16.7 Å². The molecule has 2 bridgehead atoms. The van der Waals surface area contributed by atoms with Crippen LogP contribution in [-0.4, -0.2) is 16.1 Å². The van der Waals surface area contributed by atoms with Crippen molar-refractivity contribution in [2.45, 2.75) is 88.3 Å². The average molecular weight is 376 g/mol. The lowest BCUT2D eigenvalue weighted by Crippen LogP contribution is -2.40. The van der Waals surface area contributed by atoms with Crippen LogP contribution in [0.15, 0.2) is 0 Å². The minimum Gasteiger partial charge on any atom is -0.373 e. The number of halogens is 1. The summed E-state index contributed by atoms with van der Waals surface area (Å²) in [4.78, 5) is 0. The van der Waals surface area contributed by atoms with E-state index in [0.29, 0.717) is 23.0 Å². The van der Waals surface area contributed by atoms with Crippen molar-refractivity contribution in [1.29, 1.82) is 0 Å². The molecule has 19 heavy (non-hydrogen) atoms. The Kier molecular flexibility index (Phi) is 3.97. The SMILES string of the molecule is CC1(C)C2CCC1(C)C(OC1CCCCCC1I)C2. The fraction of sp³-hybridized carbons (Fsp3) is 1.00. The summed E-state index contributed by atoms with van der Waals surface area (Å²) in [6, 6.07) is 0. The quantitative estimate of drug-likeness (QED) is 0.358. The molecule has 0 radical (unpaired) electrons. The molecule has 1 nitrogen and oxygen atoms in total. The van der Waals surface area contributed by atoms with Crippen molar-refractivity contribution in [1.82, 2.24) is 0 Å². The second-order valence-corrected chi connectivity index (χ2v) is 9.53. The van der Waals surface area contributed by atoms with Crippen LogP contribution in [-0.2, 0) is 4.74 Å². The van der Waals surface area contributed by atoms with Crippen LogP contribution in [0.1, 0.15) is 72.1 Å². The van der Waals surface area contributed by atoms with E-state index < -0.39 is 0 Å². The van der Waals surface area contributed by atoms with Gasteiger partial charge in [0.25, 0.3) is 0 Å². The van der Waals surface area contributed by atoms with Gasteiger partial charge in [0.15, 0.2) is 0 Å². The Balaban J connectivity index is 1.71. The summed E-state index contributed by atoms with van der Waals surface area (Å²) < 4.78 is 7.45. The van der Waals surface area contributed by atoms with E-state index in [1.807, 2.05) is 0 Å². The van der Waals surface area contributed by atoms with Crippen molar-refractivity contribution < 1.29 is 4.74 Å². The minimum atomic E-state index is 0.431. The first kappa shape index (κ1) is 14.6. The van der Waals surface area contributed by atoms with Gasteiger partial charge in [0.1, 0.15) is 0 Å². The number of hydrogen-bond acceptors (Lipinski definition) is 1. The van der Waals surface area contributed by atoms with Gasteiger partial charge in [-0.3, -0.25) is 0 Å². The zero-order valence-corrected chi connectivity index (χ0v) is 14.9. The fourth-order valence-corrected chi connectivity index (χ4v) is 5.90. The van der Waals surface area contributed by atoms with Crippen molar-refractivity contribution in [2.75, 3.05) is 0 Å². The molecule has 3 fully saturated rings. The molecule has 5 atom stereocenters. The molecule has 0 saturated heterocycles. The maximum absolute atomic E-state index is 6.71. The van der Waals surface area contributed by atoms with Gasteiger partial charge in [0, 0.05) is 3.92 Å². The summed E-state index contributed by atoms with van der Waals surface area (Å²) in [5.74, 6) is 0.904. The number of hydrogen-bond donors (Lipinski definition) is 0. The van der Waals surface area contributed by atoms with Crippen LogP contribution in [0.5, 0.6) is 0 Å². The van der Waals surface area contributed by atoms with Gasteiger partial charge in [-0.2, -0.15) is 0 Å². The van der Waals surface area contributed by atoms with E-state index in [4.69, 9.17) is 4.74 Å². The maximum Gasteiger partial charge on any atom is 0.0696 e. The Morgan fingerprint density at radius 3 is 2.37 bits per heavy atom. The standard InChI is InChI=1S/C17H29IO/c1-16(2)12-9-10-17(16,3)15(11-12)19-14-8-6-4-5-7-13(14)18/h12-15H,4-11H2,1-3H3. The van der Waals surface area contributed by atoms with Gasteiger partial charge in [-0.15, -0.1) is 0 Å². The maximum atomic E-state index is 6.71. The highest BCUT2D eigenvalue weighted by Crippen LogP contribution is 2.66. The summed E-state index contributed by atoms with van der Waals surface area (Å²) in [5.41, 5.74) is 0.920. The third-order valence-corrected chi connectivity index (χ3v) is 8.35. The smallest absolute Gasteiger partial charge is 0.0696 e. The number of rotatable bonds is 2. The Bertz CT molecular complexity index is 340. The lowest BCUT2D eigenvalue weighted by atomic mass is 9.70. The first-order chi connectivity index (χ1) is 8.95. The molecule has 3 rings (SSSR count). The summed E-state index contributed by atoms with van der Waals surface area (Å²) in [5, 5.41) is 0. The molecule has 110 valence electrons. The zero-order valence-electron chi connectivity index (χ0n) is 12.8. The molecular formula is C17H29IO. The zero-order chi connectivity index (χ0) is 13.7. The van der Waals surface area contributed by atoms with E-state index >= 15 is 0 Å². The number of alkyl halides is 1. The third-order valence-electron chi connectivity index (χ3n) is 6.92. The summed E-state index contributed by atoms with van der Waals surface area (Å²) in [6.45, 7) is 7.48. The number of fused-ring (bicyclic) bond motifs is 2. The molecule has 0 N–H and O–H groups in total. The van der Waals surface area contributed by atoms with Gasteiger partial charge in [0.05, 0.1) is 12.2 Å². The molecular weight excluding hydrogens is 347 g/mol. The van der Waals surface area contributed by atoms with Gasteiger partial charge in [-0.25, -0.2) is 0 Å². The van der Waals surface area contributed by atoms with Crippen LogP contribution in [0.4, 0.5) is 0 Å².